The van der Waals surface area contributed by atoms with Gasteiger partial charge in [-0.1, -0.05) is 6.07 Å². The smallest absolute Gasteiger partial charge is 0.185 e. The Kier molecular flexibility index (Phi) is 3.88. The number of anilines is 2. The Hall–Kier alpha value is -1.95. The molecule has 1 aromatic heterocycles. The van der Waals surface area contributed by atoms with Crippen molar-refractivity contribution in [2.24, 2.45) is 0 Å². The number of carbonyl (C=O) groups is 1. The van der Waals surface area contributed by atoms with Gasteiger partial charge in [0.2, 0.25) is 0 Å². The van der Waals surface area contributed by atoms with Crippen molar-refractivity contribution in [1.82, 2.24) is 4.98 Å². The Labute approximate surface area is 126 Å². The third-order valence-corrected chi connectivity index (χ3v) is 4.49. The van der Waals surface area contributed by atoms with E-state index in [1.54, 1.807) is 23.6 Å². The van der Waals surface area contributed by atoms with Crippen molar-refractivity contribution >= 4 is 27.9 Å². The third kappa shape index (κ3) is 2.76. The Morgan fingerprint density at radius 1 is 1.24 bits per heavy atom. The monoisotopic (exact) mass is 305 g/mol. The minimum atomic E-state index is -0.442. The molecule has 2 aromatic rings. The lowest BCUT2D eigenvalue weighted by atomic mass is 10.1. The first-order chi connectivity index (χ1) is 10.2. The fourth-order valence-electron chi connectivity index (χ4n) is 2.64. The molecule has 110 valence electrons. The SMILES string of the molecule is CC(=O)c1c(F)cccc1N1CCN(c2nccs2)CC1. The zero-order chi connectivity index (χ0) is 14.8. The molecule has 0 atom stereocenters. The standard InChI is InChI=1S/C15H16FN3OS/c1-11(20)14-12(16)3-2-4-13(14)18-6-8-19(9-7-18)15-17-5-10-21-15/h2-5,10H,6-9H2,1H3. The van der Waals surface area contributed by atoms with Crippen molar-refractivity contribution in [3.05, 3.63) is 41.2 Å². The van der Waals surface area contributed by atoms with Crippen molar-refractivity contribution in [3.8, 4) is 0 Å². The van der Waals surface area contributed by atoms with E-state index in [4.69, 9.17) is 0 Å². The summed E-state index contributed by atoms with van der Waals surface area (Å²) in [6.07, 6.45) is 1.80. The molecular formula is C15H16FN3OS. The topological polar surface area (TPSA) is 36.4 Å². The number of benzene rings is 1. The molecule has 0 N–H and O–H groups in total. The van der Waals surface area contributed by atoms with Crippen LogP contribution in [0.5, 0.6) is 0 Å². The van der Waals surface area contributed by atoms with E-state index in [0.717, 1.165) is 31.3 Å². The lowest BCUT2D eigenvalue weighted by Crippen LogP contribution is -2.47. The van der Waals surface area contributed by atoms with E-state index < -0.39 is 5.82 Å². The number of Topliss-reactive ketones (excluding diaryl/α,β-unsaturated/α-hetero) is 1. The molecule has 0 spiro atoms. The number of rotatable bonds is 3. The lowest BCUT2D eigenvalue weighted by molar-refractivity contribution is 0.101. The fraction of sp³-hybridized carbons (Fsp3) is 0.333. The van der Waals surface area contributed by atoms with Gasteiger partial charge in [-0.3, -0.25) is 4.79 Å². The molecule has 3 rings (SSSR count). The summed E-state index contributed by atoms with van der Waals surface area (Å²) in [4.78, 5) is 20.3. The minimum absolute atomic E-state index is 0.195. The maximum atomic E-state index is 13.9. The Morgan fingerprint density at radius 3 is 2.57 bits per heavy atom. The molecule has 0 aliphatic carbocycles. The summed E-state index contributed by atoms with van der Waals surface area (Å²) >= 11 is 1.62. The zero-order valence-electron chi connectivity index (χ0n) is 11.8. The molecule has 0 bridgehead atoms. The van der Waals surface area contributed by atoms with Crippen molar-refractivity contribution in [2.75, 3.05) is 36.0 Å². The first kappa shape index (κ1) is 14.0. The van der Waals surface area contributed by atoms with E-state index in [2.05, 4.69) is 14.8 Å². The summed E-state index contributed by atoms with van der Waals surface area (Å²) < 4.78 is 13.9. The van der Waals surface area contributed by atoms with Crippen molar-refractivity contribution in [1.29, 1.82) is 0 Å². The van der Waals surface area contributed by atoms with Crippen LogP contribution in [0, 0.1) is 5.82 Å². The number of hydrogen-bond acceptors (Lipinski definition) is 5. The van der Waals surface area contributed by atoms with Crippen LogP contribution in [-0.2, 0) is 0 Å². The van der Waals surface area contributed by atoms with Gasteiger partial charge >= 0.3 is 0 Å². The summed E-state index contributed by atoms with van der Waals surface area (Å²) in [7, 11) is 0. The lowest BCUT2D eigenvalue weighted by Gasteiger charge is -2.36. The Bertz CT molecular complexity index is 636. The molecule has 0 unspecified atom stereocenters. The normalized spacial score (nSPS) is 15.3. The Balaban J connectivity index is 1.78. The Morgan fingerprint density at radius 2 is 1.95 bits per heavy atom. The van der Waals surface area contributed by atoms with E-state index in [1.807, 2.05) is 11.4 Å². The van der Waals surface area contributed by atoms with Gasteiger partial charge in [0, 0.05) is 37.8 Å². The summed E-state index contributed by atoms with van der Waals surface area (Å²) in [6.45, 7) is 4.56. The van der Waals surface area contributed by atoms with Crippen LogP contribution < -0.4 is 9.80 Å². The number of halogens is 1. The highest BCUT2D eigenvalue weighted by molar-refractivity contribution is 7.13. The van der Waals surface area contributed by atoms with Gasteiger partial charge in [-0.25, -0.2) is 9.37 Å². The average molecular weight is 305 g/mol. The van der Waals surface area contributed by atoms with Crippen LogP contribution in [0.2, 0.25) is 0 Å². The second-order valence-electron chi connectivity index (χ2n) is 4.98. The molecule has 0 radical (unpaired) electrons. The van der Waals surface area contributed by atoms with E-state index in [0.29, 0.717) is 5.69 Å². The van der Waals surface area contributed by atoms with Gasteiger partial charge in [0.1, 0.15) is 5.82 Å². The van der Waals surface area contributed by atoms with Crippen molar-refractivity contribution < 1.29 is 9.18 Å². The van der Waals surface area contributed by atoms with Gasteiger partial charge in [-0.2, -0.15) is 0 Å². The number of thiazole rings is 1. The number of hydrogen-bond donors (Lipinski definition) is 0. The van der Waals surface area contributed by atoms with E-state index in [9.17, 15) is 9.18 Å². The van der Waals surface area contributed by atoms with Gasteiger partial charge in [-0.15, -0.1) is 11.3 Å². The molecule has 1 aliphatic heterocycles. The number of ketones is 1. The molecule has 1 saturated heterocycles. The first-order valence-electron chi connectivity index (χ1n) is 6.85. The highest BCUT2D eigenvalue weighted by Crippen LogP contribution is 2.26. The van der Waals surface area contributed by atoms with Crippen LogP contribution in [0.3, 0.4) is 0 Å². The molecule has 1 aliphatic rings. The van der Waals surface area contributed by atoms with Crippen molar-refractivity contribution in [2.45, 2.75) is 6.92 Å². The van der Waals surface area contributed by atoms with Crippen LogP contribution in [0.25, 0.3) is 0 Å². The molecule has 6 heteroatoms. The highest BCUT2D eigenvalue weighted by atomic mass is 32.1. The zero-order valence-corrected chi connectivity index (χ0v) is 12.6. The maximum absolute atomic E-state index is 13.9. The van der Waals surface area contributed by atoms with E-state index in [1.165, 1.54) is 13.0 Å². The predicted octanol–water partition coefficient (Wildman–Crippen LogP) is 2.81. The number of piperazine rings is 1. The van der Waals surface area contributed by atoms with Crippen molar-refractivity contribution in [3.63, 3.8) is 0 Å². The van der Waals surface area contributed by atoms with Crippen LogP contribution in [0.1, 0.15) is 17.3 Å². The van der Waals surface area contributed by atoms with Gasteiger partial charge in [0.05, 0.1) is 11.3 Å². The second-order valence-corrected chi connectivity index (χ2v) is 5.85. The van der Waals surface area contributed by atoms with Gasteiger partial charge in [0.15, 0.2) is 10.9 Å². The van der Waals surface area contributed by atoms with Crippen LogP contribution >= 0.6 is 11.3 Å². The van der Waals surface area contributed by atoms with Gasteiger partial charge in [-0.05, 0) is 19.1 Å². The van der Waals surface area contributed by atoms with Gasteiger partial charge in [0.25, 0.3) is 0 Å². The number of aromatic nitrogens is 1. The van der Waals surface area contributed by atoms with E-state index in [-0.39, 0.29) is 11.3 Å². The highest BCUT2D eigenvalue weighted by Gasteiger charge is 2.23. The maximum Gasteiger partial charge on any atom is 0.185 e. The minimum Gasteiger partial charge on any atom is -0.367 e. The van der Waals surface area contributed by atoms with E-state index >= 15 is 0 Å². The number of nitrogens with zero attached hydrogens (tertiary/aromatic N) is 3. The van der Waals surface area contributed by atoms with Crippen LogP contribution in [-0.4, -0.2) is 36.9 Å². The molecular weight excluding hydrogens is 289 g/mol. The predicted molar refractivity (Wildman–Crippen MR) is 82.9 cm³/mol. The molecule has 2 heterocycles. The molecule has 1 fully saturated rings. The largest absolute Gasteiger partial charge is 0.367 e. The molecule has 1 aromatic carbocycles. The summed E-state index contributed by atoms with van der Waals surface area (Å²) in [5.74, 6) is -0.673. The summed E-state index contributed by atoms with van der Waals surface area (Å²) in [6, 6.07) is 4.81. The first-order valence-corrected chi connectivity index (χ1v) is 7.73. The van der Waals surface area contributed by atoms with Crippen LogP contribution in [0.15, 0.2) is 29.8 Å². The molecule has 4 nitrogen and oxygen atoms in total. The quantitative estimate of drug-likeness (QED) is 0.817. The average Bonchev–Trinajstić information content (AvgIpc) is 3.01. The second kappa shape index (κ2) is 5.81. The molecule has 21 heavy (non-hydrogen) atoms. The molecule has 0 saturated carbocycles. The van der Waals surface area contributed by atoms with Crippen LogP contribution in [0.4, 0.5) is 15.2 Å². The number of carbonyl (C=O) groups excluding carboxylic acids is 1. The summed E-state index contributed by atoms with van der Waals surface area (Å²) in [5, 5.41) is 2.97. The molecule has 0 amide bonds. The fourth-order valence-corrected chi connectivity index (χ4v) is 3.33. The van der Waals surface area contributed by atoms with Gasteiger partial charge < -0.3 is 9.80 Å². The summed E-state index contributed by atoms with van der Waals surface area (Å²) in [5.41, 5.74) is 0.890. The third-order valence-electron chi connectivity index (χ3n) is 3.65.